The Labute approximate surface area is 184 Å². The van der Waals surface area contributed by atoms with Gasteiger partial charge in [-0.25, -0.2) is 9.78 Å². The van der Waals surface area contributed by atoms with Crippen molar-refractivity contribution < 1.29 is 19.1 Å². The zero-order valence-corrected chi connectivity index (χ0v) is 17.6. The van der Waals surface area contributed by atoms with Gasteiger partial charge in [-0.15, -0.1) is 0 Å². The van der Waals surface area contributed by atoms with Crippen molar-refractivity contribution in [2.45, 2.75) is 38.5 Å². The number of aromatic amines is 1. The Morgan fingerprint density at radius 1 is 1.09 bits per heavy atom. The molecular formula is C22H26N6O4. The summed E-state index contributed by atoms with van der Waals surface area (Å²) in [5, 5.41) is 5.34. The number of hydrogen-bond acceptors (Lipinski definition) is 6. The number of rotatable bonds is 9. The molecule has 0 aliphatic heterocycles. The van der Waals surface area contributed by atoms with Crippen molar-refractivity contribution in [1.29, 1.82) is 0 Å². The quantitative estimate of drug-likeness (QED) is 0.338. The summed E-state index contributed by atoms with van der Waals surface area (Å²) in [6.45, 7) is 1.80. The van der Waals surface area contributed by atoms with Gasteiger partial charge in [-0.05, 0) is 43.0 Å². The van der Waals surface area contributed by atoms with Crippen LogP contribution in [0.1, 0.15) is 24.5 Å². The highest BCUT2D eigenvalue weighted by molar-refractivity contribution is 5.90. The molecule has 10 heteroatoms. The van der Waals surface area contributed by atoms with Crippen LogP contribution in [0.25, 0.3) is 11.0 Å². The second-order valence-electron chi connectivity index (χ2n) is 7.37. The summed E-state index contributed by atoms with van der Waals surface area (Å²) in [5.74, 6) is -0.655. The zero-order chi connectivity index (χ0) is 23.1. The summed E-state index contributed by atoms with van der Waals surface area (Å²) in [6, 6.07) is 14.1. The van der Waals surface area contributed by atoms with Crippen LogP contribution >= 0.6 is 0 Å². The first kappa shape index (κ1) is 22.6. The topological polar surface area (TPSA) is 165 Å². The lowest BCUT2D eigenvalue weighted by Gasteiger charge is -2.20. The third kappa shape index (κ3) is 6.21. The molecule has 7 N–H and O–H groups in total. The summed E-state index contributed by atoms with van der Waals surface area (Å²) in [5.41, 5.74) is 14.1. The van der Waals surface area contributed by atoms with E-state index in [1.54, 1.807) is 13.0 Å². The number of anilines is 1. The molecule has 0 fully saturated rings. The van der Waals surface area contributed by atoms with Gasteiger partial charge in [0.15, 0.2) is 12.1 Å². The second kappa shape index (κ2) is 10.3. The molecule has 3 amide bonds. The number of amides is 3. The Morgan fingerprint density at radius 2 is 1.84 bits per heavy atom. The Morgan fingerprint density at radius 3 is 2.56 bits per heavy atom. The van der Waals surface area contributed by atoms with Crippen LogP contribution in [-0.4, -0.2) is 40.0 Å². The van der Waals surface area contributed by atoms with Crippen LogP contribution in [0.2, 0.25) is 0 Å². The molecule has 0 aliphatic rings. The maximum atomic E-state index is 12.6. The van der Waals surface area contributed by atoms with Crippen molar-refractivity contribution in [2.24, 2.45) is 5.73 Å². The van der Waals surface area contributed by atoms with Crippen molar-refractivity contribution in [3.63, 3.8) is 0 Å². The average molecular weight is 438 g/mol. The van der Waals surface area contributed by atoms with Crippen molar-refractivity contribution in [1.82, 2.24) is 20.6 Å². The molecule has 10 nitrogen and oxygen atoms in total. The predicted octanol–water partition coefficient (Wildman–Crippen LogP) is 1.36. The fourth-order valence-electron chi connectivity index (χ4n) is 3.23. The van der Waals surface area contributed by atoms with Crippen LogP contribution in [0.15, 0.2) is 48.5 Å². The normalized spacial score (nSPS) is 12.7. The molecule has 0 saturated carbocycles. The highest BCUT2D eigenvalue weighted by Crippen LogP contribution is 2.14. The molecule has 0 spiro atoms. The van der Waals surface area contributed by atoms with Crippen LogP contribution in [0, 0.1) is 0 Å². The summed E-state index contributed by atoms with van der Waals surface area (Å²) in [4.78, 5) is 43.3. The number of H-pyrrole nitrogens is 1. The number of carbonyl (C=O) groups excluding carboxylic acids is 3. The lowest BCUT2D eigenvalue weighted by Crippen LogP contribution is -2.49. The van der Waals surface area contributed by atoms with E-state index in [0.29, 0.717) is 12.4 Å². The first-order valence-electron chi connectivity index (χ1n) is 10.1. The van der Waals surface area contributed by atoms with Gasteiger partial charge < -0.3 is 31.8 Å². The highest BCUT2D eigenvalue weighted by Gasteiger charge is 2.25. The van der Waals surface area contributed by atoms with Gasteiger partial charge in [0.2, 0.25) is 5.91 Å². The SMILES string of the molecule is CC(NC(=O)C(CCc1ccccc1)OC(N)=O)C(=O)NCc1ccc2nc(N)[nH]c2c1. The van der Waals surface area contributed by atoms with Gasteiger partial charge in [-0.2, -0.15) is 0 Å². The van der Waals surface area contributed by atoms with Crippen molar-refractivity contribution >= 4 is 34.9 Å². The van der Waals surface area contributed by atoms with Crippen LogP contribution in [0.4, 0.5) is 10.7 Å². The average Bonchev–Trinajstić information content (AvgIpc) is 3.14. The van der Waals surface area contributed by atoms with E-state index in [-0.39, 0.29) is 18.9 Å². The number of carbonyl (C=O) groups is 3. The van der Waals surface area contributed by atoms with E-state index in [0.717, 1.165) is 22.2 Å². The highest BCUT2D eigenvalue weighted by atomic mass is 16.6. The minimum atomic E-state index is -1.10. The van der Waals surface area contributed by atoms with Gasteiger partial charge in [0.05, 0.1) is 11.0 Å². The van der Waals surface area contributed by atoms with Crippen molar-refractivity contribution in [2.75, 3.05) is 5.73 Å². The number of nitrogens with two attached hydrogens (primary N) is 2. The van der Waals surface area contributed by atoms with Gasteiger partial charge in [-0.3, -0.25) is 9.59 Å². The number of fused-ring (bicyclic) bond motifs is 1. The molecule has 32 heavy (non-hydrogen) atoms. The smallest absolute Gasteiger partial charge is 0.405 e. The molecule has 2 atom stereocenters. The first-order chi connectivity index (χ1) is 15.3. The maximum absolute atomic E-state index is 12.6. The number of hydrogen-bond donors (Lipinski definition) is 5. The molecule has 168 valence electrons. The van der Waals surface area contributed by atoms with Gasteiger partial charge >= 0.3 is 6.09 Å². The second-order valence-corrected chi connectivity index (χ2v) is 7.37. The summed E-state index contributed by atoms with van der Waals surface area (Å²) < 4.78 is 4.96. The Kier molecular flexibility index (Phi) is 7.27. The molecular weight excluding hydrogens is 412 g/mol. The first-order valence-corrected chi connectivity index (χ1v) is 10.1. The minimum absolute atomic E-state index is 0.237. The van der Waals surface area contributed by atoms with Gasteiger partial charge in [0.1, 0.15) is 6.04 Å². The fourth-order valence-corrected chi connectivity index (χ4v) is 3.23. The third-order valence-electron chi connectivity index (χ3n) is 4.87. The largest absolute Gasteiger partial charge is 0.436 e. The van der Waals surface area contributed by atoms with Crippen LogP contribution < -0.4 is 22.1 Å². The molecule has 2 unspecified atom stereocenters. The van der Waals surface area contributed by atoms with E-state index in [2.05, 4.69) is 20.6 Å². The number of nitrogen functional groups attached to an aromatic ring is 1. The Balaban J connectivity index is 1.53. The summed E-state index contributed by atoms with van der Waals surface area (Å²) in [6.07, 6.45) is -1.41. The van der Waals surface area contributed by atoms with Crippen molar-refractivity contribution in [3.8, 4) is 0 Å². The molecule has 1 heterocycles. The number of primary amides is 1. The number of aromatic nitrogens is 2. The van der Waals surface area contributed by atoms with E-state index in [4.69, 9.17) is 16.2 Å². The van der Waals surface area contributed by atoms with E-state index in [1.807, 2.05) is 42.5 Å². The number of benzene rings is 2. The number of imidazole rings is 1. The summed E-state index contributed by atoms with van der Waals surface area (Å²) >= 11 is 0. The van der Waals surface area contributed by atoms with E-state index in [9.17, 15) is 14.4 Å². The minimum Gasteiger partial charge on any atom is -0.436 e. The number of nitrogens with zero attached hydrogens (tertiary/aromatic N) is 1. The van der Waals surface area contributed by atoms with Gasteiger partial charge in [0, 0.05) is 6.54 Å². The van der Waals surface area contributed by atoms with Crippen LogP contribution in [0.3, 0.4) is 0 Å². The monoisotopic (exact) mass is 438 g/mol. The van der Waals surface area contributed by atoms with Crippen LogP contribution in [-0.2, 0) is 27.3 Å². The van der Waals surface area contributed by atoms with E-state index >= 15 is 0 Å². The molecule has 2 aromatic carbocycles. The lowest BCUT2D eigenvalue weighted by molar-refractivity contribution is -0.134. The zero-order valence-electron chi connectivity index (χ0n) is 17.6. The molecule has 3 aromatic rings. The standard InChI is InChI=1S/C22H26N6O4/c1-13(19(29)25-12-15-7-9-16-17(11-15)28-21(23)27-16)26-20(30)18(32-22(24)31)10-8-14-5-3-2-4-6-14/h2-7,9,11,13,18H,8,10,12H2,1H3,(H2,24,31)(H,25,29)(H,26,30)(H3,23,27,28). The molecule has 0 radical (unpaired) electrons. The van der Waals surface area contributed by atoms with Crippen molar-refractivity contribution in [3.05, 3.63) is 59.7 Å². The van der Waals surface area contributed by atoms with E-state index < -0.39 is 24.1 Å². The third-order valence-corrected chi connectivity index (χ3v) is 4.87. The Bertz CT molecular complexity index is 1100. The predicted molar refractivity (Wildman–Crippen MR) is 119 cm³/mol. The van der Waals surface area contributed by atoms with E-state index in [1.165, 1.54) is 0 Å². The fraction of sp³-hybridized carbons (Fsp3) is 0.273. The molecule has 0 bridgehead atoms. The van der Waals surface area contributed by atoms with Gasteiger partial charge in [0.25, 0.3) is 5.91 Å². The summed E-state index contributed by atoms with van der Waals surface area (Å²) in [7, 11) is 0. The molecule has 1 aromatic heterocycles. The Hall–Kier alpha value is -4.08. The number of ether oxygens (including phenoxy) is 1. The molecule has 0 aliphatic carbocycles. The number of nitrogens with one attached hydrogen (secondary N) is 3. The molecule has 3 rings (SSSR count). The maximum Gasteiger partial charge on any atom is 0.405 e. The molecule has 0 saturated heterocycles. The lowest BCUT2D eigenvalue weighted by atomic mass is 10.1. The van der Waals surface area contributed by atoms with Crippen LogP contribution in [0.5, 0.6) is 0 Å². The van der Waals surface area contributed by atoms with Gasteiger partial charge in [-0.1, -0.05) is 36.4 Å². The number of aryl methyl sites for hydroxylation is 1.